The van der Waals surface area contributed by atoms with Crippen LogP contribution in [0, 0.1) is 0 Å². The first-order valence-corrected chi connectivity index (χ1v) is 5.21. The molecule has 4 nitrogen and oxygen atoms in total. The topological polar surface area (TPSA) is 44.5 Å². The van der Waals surface area contributed by atoms with Crippen LogP contribution in [-0.2, 0) is 14.8 Å². The summed E-state index contributed by atoms with van der Waals surface area (Å²) in [5, 5.41) is 0.679. The van der Waals surface area contributed by atoms with Crippen molar-refractivity contribution in [1.82, 2.24) is 4.98 Å². The molecule has 0 aliphatic carbocycles. The largest absolute Gasteiger partial charge is 0.445 e. The molecule has 72 valence electrons. The van der Waals surface area contributed by atoms with Gasteiger partial charge in [-0.25, -0.2) is 4.98 Å². The highest BCUT2D eigenvalue weighted by Gasteiger charge is 2.23. The molecule has 1 aliphatic heterocycles. The summed E-state index contributed by atoms with van der Waals surface area (Å²) < 4.78 is 16.0. The SMILES string of the molecule is BrCc1ncoc1C1COCCO1. The highest BCUT2D eigenvalue weighted by molar-refractivity contribution is 9.08. The van der Waals surface area contributed by atoms with Gasteiger partial charge in [-0.3, -0.25) is 0 Å². The van der Waals surface area contributed by atoms with Crippen molar-refractivity contribution >= 4 is 15.9 Å². The standard InChI is InChI=1S/C8H10BrNO3/c9-3-6-8(13-5-10-6)7-4-11-1-2-12-7/h5,7H,1-4H2. The van der Waals surface area contributed by atoms with Crippen molar-refractivity contribution in [1.29, 1.82) is 0 Å². The van der Waals surface area contributed by atoms with E-state index in [0.717, 1.165) is 11.5 Å². The molecular formula is C8H10BrNO3. The third kappa shape index (κ3) is 1.92. The minimum atomic E-state index is -0.0937. The van der Waals surface area contributed by atoms with Crippen molar-refractivity contribution < 1.29 is 13.9 Å². The lowest BCUT2D eigenvalue weighted by Gasteiger charge is -2.21. The van der Waals surface area contributed by atoms with Crippen LogP contribution in [-0.4, -0.2) is 24.8 Å². The fraction of sp³-hybridized carbons (Fsp3) is 0.625. The Morgan fingerprint density at radius 2 is 2.46 bits per heavy atom. The number of hydrogen-bond donors (Lipinski definition) is 0. The zero-order valence-corrected chi connectivity index (χ0v) is 8.62. The highest BCUT2D eigenvalue weighted by atomic mass is 79.9. The van der Waals surface area contributed by atoms with Gasteiger partial charge < -0.3 is 13.9 Å². The van der Waals surface area contributed by atoms with E-state index in [1.54, 1.807) is 0 Å². The normalized spacial score (nSPS) is 23.3. The van der Waals surface area contributed by atoms with E-state index in [9.17, 15) is 0 Å². The van der Waals surface area contributed by atoms with Crippen LogP contribution in [0.1, 0.15) is 17.6 Å². The van der Waals surface area contributed by atoms with Crippen LogP contribution in [0.5, 0.6) is 0 Å². The van der Waals surface area contributed by atoms with E-state index in [-0.39, 0.29) is 6.10 Å². The molecule has 2 rings (SSSR count). The van der Waals surface area contributed by atoms with E-state index < -0.39 is 0 Å². The smallest absolute Gasteiger partial charge is 0.181 e. The molecule has 0 bridgehead atoms. The Labute approximate surface area is 84.4 Å². The Morgan fingerprint density at radius 1 is 1.54 bits per heavy atom. The number of hydrogen-bond acceptors (Lipinski definition) is 4. The van der Waals surface area contributed by atoms with Crippen molar-refractivity contribution in [2.75, 3.05) is 19.8 Å². The number of nitrogens with zero attached hydrogens (tertiary/aromatic N) is 1. The van der Waals surface area contributed by atoms with E-state index in [4.69, 9.17) is 13.9 Å². The summed E-state index contributed by atoms with van der Waals surface area (Å²) in [4.78, 5) is 4.06. The molecule has 0 aromatic carbocycles. The maximum absolute atomic E-state index is 5.49. The zero-order valence-electron chi connectivity index (χ0n) is 7.03. The third-order valence-electron chi connectivity index (χ3n) is 1.91. The monoisotopic (exact) mass is 247 g/mol. The Kier molecular flexibility index (Phi) is 2.97. The Balaban J connectivity index is 2.13. The number of ether oxygens (including phenoxy) is 2. The molecule has 1 unspecified atom stereocenters. The minimum absolute atomic E-state index is 0.0937. The van der Waals surface area contributed by atoms with Gasteiger partial charge in [0.15, 0.2) is 12.2 Å². The summed E-state index contributed by atoms with van der Waals surface area (Å²) >= 11 is 3.34. The van der Waals surface area contributed by atoms with Gasteiger partial charge in [0.25, 0.3) is 0 Å². The molecule has 0 N–H and O–H groups in total. The highest BCUT2D eigenvalue weighted by Crippen LogP contribution is 2.24. The van der Waals surface area contributed by atoms with Crippen LogP contribution in [0.15, 0.2) is 10.8 Å². The van der Waals surface area contributed by atoms with Crippen molar-refractivity contribution in [2.45, 2.75) is 11.4 Å². The quantitative estimate of drug-likeness (QED) is 0.746. The molecule has 1 aromatic heterocycles. The molecule has 0 spiro atoms. The summed E-state index contributed by atoms with van der Waals surface area (Å²) in [5.41, 5.74) is 0.885. The first-order chi connectivity index (χ1) is 6.42. The molecule has 1 atom stereocenters. The van der Waals surface area contributed by atoms with Gasteiger partial charge in [0.1, 0.15) is 6.10 Å². The van der Waals surface area contributed by atoms with Crippen LogP contribution in [0.4, 0.5) is 0 Å². The molecule has 1 aliphatic rings. The summed E-state index contributed by atoms with van der Waals surface area (Å²) in [6.07, 6.45) is 1.34. The molecule has 1 fully saturated rings. The van der Waals surface area contributed by atoms with E-state index in [1.807, 2.05) is 0 Å². The lowest BCUT2D eigenvalue weighted by Crippen LogP contribution is -2.22. The van der Waals surface area contributed by atoms with Crippen molar-refractivity contribution in [2.24, 2.45) is 0 Å². The summed E-state index contributed by atoms with van der Waals surface area (Å²) in [5.74, 6) is 0.775. The van der Waals surface area contributed by atoms with Gasteiger partial charge >= 0.3 is 0 Å². The summed E-state index contributed by atoms with van der Waals surface area (Å²) in [6, 6.07) is 0. The van der Waals surface area contributed by atoms with Gasteiger partial charge in [-0.15, -0.1) is 0 Å². The predicted molar refractivity (Wildman–Crippen MR) is 48.6 cm³/mol. The maximum atomic E-state index is 5.49. The summed E-state index contributed by atoms with van der Waals surface area (Å²) in [6.45, 7) is 1.83. The second kappa shape index (κ2) is 4.21. The fourth-order valence-electron chi connectivity index (χ4n) is 1.28. The van der Waals surface area contributed by atoms with Gasteiger partial charge in [0, 0.05) is 5.33 Å². The van der Waals surface area contributed by atoms with Crippen LogP contribution in [0.2, 0.25) is 0 Å². The van der Waals surface area contributed by atoms with Crippen molar-refractivity contribution in [3.05, 3.63) is 17.8 Å². The fourth-order valence-corrected chi connectivity index (χ4v) is 1.70. The molecule has 0 saturated carbocycles. The Bertz CT molecular complexity index is 270. The van der Waals surface area contributed by atoms with Crippen molar-refractivity contribution in [3.8, 4) is 0 Å². The number of halogens is 1. The first kappa shape index (κ1) is 9.18. The predicted octanol–water partition coefficient (Wildman–Crippen LogP) is 1.66. The number of aromatic nitrogens is 1. The summed E-state index contributed by atoms with van der Waals surface area (Å²) in [7, 11) is 0. The lowest BCUT2D eigenvalue weighted by atomic mass is 10.2. The van der Waals surface area contributed by atoms with E-state index >= 15 is 0 Å². The van der Waals surface area contributed by atoms with Crippen LogP contribution >= 0.6 is 15.9 Å². The molecule has 1 saturated heterocycles. The molecule has 0 radical (unpaired) electrons. The van der Waals surface area contributed by atoms with Crippen LogP contribution in [0.3, 0.4) is 0 Å². The second-order valence-corrected chi connectivity index (χ2v) is 3.29. The average molecular weight is 248 g/mol. The molecular weight excluding hydrogens is 238 g/mol. The number of rotatable bonds is 2. The Morgan fingerprint density at radius 3 is 3.15 bits per heavy atom. The van der Waals surface area contributed by atoms with E-state index in [1.165, 1.54) is 6.39 Å². The van der Waals surface area contributed by atoms with Crippen LogP contribution in [0.25, 0.3) is 0 Å². The molecule has 0 amide bonds. The van der Waals surface area contributed by atoms with E-state index in [2.05, 4.69) is 20.9 Å². The van der Waals surface area contributed by atoms with Gasteiger partial charge in [0.05, 0.1) is 25.5 Å². The number of oxazole rings is 1. The average Bonchev–Trinajstić information content (AvgIpc) is 2.67. The van der Waals surface area contributed by atoms with Gasteiger partial charge in [-0.1, -0.05) is 15.9 Å². The van der Waals surface area contributed by atoms with Crippen molar-refractivity contribution in [3.63, 3.8) is 0 Å². The van der Waals surface area contributed by atoms with Gasteiger partial charge in [-0.05, 0) is 0 Å². The zero-order chi connectivity index (χ0) is 9.10. The maximum Gasteiger partial charge on any atom is 0.181 e. The first-order valence-electron chi connectivity index (χ1n) is 4.09. The number of alkyl halides is 1. The molecule has 1 aromatic rings. The minimum Gasteiger partial charge on any atom is -0.445 e. The Hall–Kier alpha value is -0.390. The van der Waals surface area contributed by atoms with Gasteiger partial charge in [0.2, 0.25) is 0 Å². The molecule has 5 heteroatoms. The van der Waals surface area contributed by atoms with Gasteiger partial charge in [-0.2, -0.15) is 0 Å². The van der Waals surface area contributed by atoms with Crippen LogP contribution < -0.4 is 0 Å². The van der Waals surface area contributed by atoms with E-state index in [0.29, 0.717) is 25.2 Å². The third-order valence-corrected chi connectivity index (χ3v) is 2.44. The second-order valence-electron chi connectivity index (χ2n) is 2.73. The molecule has 2 heterocycles. The molecule has 13 heavy (non-hydrogen) atoms. The lowest BCUT2D eigenvalue weighted by molar-refractivity contribution is -0.0978.